The van der Waals surface area contributed by atoms with Crippen molar-refractivity contribution in [2.75, 3.05) is 18.1 Å². The number of hydrogen-bond acceptors (Lipinski definition) is 5. The fourth-order valence-corrected chi connectivity index (χ4v) is 3.30. The van der Waals surface area contributed by atoms with Gasteiger partial charge < -0.3 is 20.1 Å². The fourth-order valence-electron chi connectivity index (χ4n) is 3.30. The van der Waals surface area contributed by atoms with Crippen molar-refractivity contribution in [1.29, 1.82) is 0 Å². The number of ether oxygens (including phenoxy) is 1. The van der Waals surface area contributed by atoms with Gasteiger partial charge in [0.2, 0.25) is 5.91 Å². The van der Waals surface area contributed by atoms with Crippen LogP contribution in [-0.2, 0) is 16.6 Å². The lowest BCUT2D eigenvalue weighted by molar-refractivity contribution is -0.139. The van der Waals surface area contributed by atoms with Gasteiger partial charge in [-0.25, -0.2) is 4.79 Å². The number of nitrogens with zero attached hydrogens (tertiary/aromatic N) is 3. The van der Waals surface area contributed by atoms with Gasteiger partial charge in [0.1, 0.15) is 11.8 Å². The molecule has 1 aromatic carbocycles. The average molecular weight is 386 g/mol. The normalized spacial score (nSPS) is 16.3. The number of carboxylic acids is 1. The average Bonchev–Trinajstić information content (AvgIpc) is 3.20. The lowest BCUT2D eigenvalue weighted by Gasteiger charge is -2.16. The van der Waals surface area contributed by atoms with Gasteiger partial charge in [-0.2, -0.15) is 5.10 Å². The van der Waals surface area contributed by atoms with Crippen LogP contribution in [0.25, 0.3) is 0 Å². The molecule has 1 fully saturated rings. The summed E-state index contributed by atoms with van der Waals surface area (Å²) in [5.74, 6) is -1.16. The van der Waals surface area contributed by atoms with E-state index in [-0.39, 0.29) is 11.8 Å². The first-order valence-corrected chi connectivity index (χ1v) is 8.83. The first-order valence-electron chi connectivity index (χ1n) is 8.83. The molecule has 1 aliphatic rings. The summed E-state index contributed by atoms with van der Waals surface area (Å²) in [4.78, 5) is 37.6. The Balaban J connectivity index is 1.69. The van der Waals surface area contributed by atoms with Crippen molar-refractivity contribution in [2.24, 2.45) is 7.05 Å². The molecule has 2 N–H and O–H groups in total. The molecule has 1 unspecified atom stereocenters. The second-order valence-electron chi connectivity index (χ2n) is 6.80. The Morgan fingerprint density at radius 3 is 2.57 bits per heavy atom. The quantitative estimate of drug-likeness (QED) is 0.767. The number of carbonyl (C=O) groups excluding carboxylic acids is 2. The number of aromatic nitrogens is 2. The molecule has 0 spiro atoms. The van der Waals surface area contributed by atoms with Gasteiger partial charge in [0, 0.05) is 25.4 Å². The highest BCUT2D eigenvalue weighted by Crippen LogP contribution is 2.25. The third-order valence-corrected chi connectivity index (χ3v) is 4.58. The molecular weight excluding hydrogens is 364 g/mol. The zero-order chi connectivity index (χ0) is 20.4. The van der Waals surface area contributed by atoms with Crippen LogP contribution >= 0.6 is 0 Å². The zero-order valence-electron chi connectivity index (χ0n) is 15.9. The topological polar surface area (TPSA) is 114 Å². The second kappa shape index (κ2) is 7.71. The second-order valence-corrected chi connectivity index (χ2v) is 6.80. The van der Waals surface area contributed by atoms with Crippen LogP contribution in [0.1, 0.15) is 27.9 Å². The molecule has 1 aromatic heterocycles. The molecule has 2 aromatic rings. The van der Waals surface area contributed by atoms with Crippen LogP contribution in [0.3, 0.4) is 0 Å². The number of aliphatic carboxylic acids is 1. The molecule has 9 heteroatoms. The summed E-state index contributed by atoms with van der Waals surface area (Å²) in [6, 6.07) is 2.65. The van der Waals surface area contributed by atoms with E-state index in [4.69, 9.17) is 9.84 Å². The molecule has 1 aliphatic heterocycles. The van der Waals surface area contributed by atoms with Gasteiger partial charge in [-0.3, -0.25) is 14.3 Å². The third kappa shape index (κ3) is 3.98. The Hall–Kier alpha value is -3.36. The van der Waals surface area contributed by atoms with Crippen LogP contribution in [0.5, 0.6) is 5.75 Å². The molecule has 3 rings (SSSR count). The Bertz CT molecular complexity index is 913. The summed E-state index contributed by atoms with van der Waals surface area (Å²) < 4.78 is 6.90. The van der Waals surface area contributed by atoms with Crippen LogP contribution < -0.4 is 15.0 Å². The number of aryl methyl sites for hydroxylation is 3. The molecule has 0 radical (unpaired) electrons. The van der Waals surface area contributed by atoms with Gasteiger partial charge >= 0.3 is 5.97 Å². The summed E-state index contributed by atoms with van der Waals surface area (Å²) in [5.41, 5.74) is 2.41. The molecule has 2 heterocycles. The van der Waals surface area contributed by atoms with Gasteiger partial charge in [-0.15, -0.1) is 0 Å². The van der Waals surface area contributed by atoms with E-state index >= 15 is 0 Å². The van der Waals surface area contributed by atoms with Gasteiger partial charge in [-0.1, -0.05) is 0 Å². The highest BCUT2D eigenvalue weighted by Gasteiger charge is 2.34. The monoisotopic (exact) mass is 386 g/mol. The number of benzene rings is 1. The lowest BCUT2D eigenvalue weighted by atomic mass is 10.0. The summed E-state index contributed by atoms with van der Waals surface area (Å²) in [6.07, 6.45) is 3.88. The number of rotatable bonds is 6. The molecule has 28 heavy (non-hydrogen) atoms. The van der Waals surface area contributed by atoms with Crippen LogP contribution in [0, 0.1) is 13.8 Å². The van der Waals surface area contributed by atoms with E-state index in [9.17, 15) is 14.4 Å². The third-order valence-electron chi connectivity index (χ3n) is 4.58. The van der Waals surface area contributed by atoms with Crippen molar-refractivity contribution in [1.82, 2.24) is 15.1 Å². The van der Waals surface area contributed by atoms with Gasteiger partial charge in [0.25, 0.3) is 5.91 Å². The first kappa shape index (κ1) is 19.4. The summed E-state index contributed by atoms with van der Waals surface area (Å²) in [7, 11) is 1.78. The van der Waals surface area contributed by atoms with Crippen molar-refractivity contribution in [2.45, 2.75) is 26.3 Å². The van der Waals surface area contributed by atoms with Crippen molar-refractivity contribution < 1.29 is 24.2 Å². The lowest BCUT2D eigenvalue weighted by Crippen LogP contribution is -2.41. The Morgan fingerprint density at radius 1 is 1.32 bits per heavy atom. The Labute approximate surface area is 161 Å². The van der Waals surface area contributed by atoms with Gasteiger partial charge in [0.15, 0.2) is 6.61 Å². The maximum absolute atomic E-state index is 12.6. The van der Waals surface area contributed by atoms with E-state index in [1.165, 1.54) is 0 Å². The molecule has 9 nitrogen and oxygen atoms in total. The number of hydrogen-bond donors (Lipinski definition) is 2. The van der Waals surface area contributed by atoms with Crippen molar-refractivity contribution in [3.63, 3.8) is 0 Å². The number of carboxylic acid groups (broad SMARTS) is 1. The van der Waals surface area contributed by atoms with Crippen molar-refractivity contribution >= 4 is 23.5 Å². The molecule has 1 saturated heterocycles. The van der Waals surface area contributed by atoms with E-state index < -0.39 is 18.6 Å². The van der Waals surface area contributed by atoms with Crippen molar-refractivity contribution in [3.8, 4) is 5.75 Å². The molecule has 0 bridgehead atoms. The number of carbonyl (C=O) groups is 3. The van der Waals surface area contributed by atoms with Crippen molar-refractivity contribution in [3.05, 3.63) is 41.2 Å². The minimum atomic E-state index is -1.07. The van der Waals surface area contributed by atoms with Crippen LogP contribution in [0.4, 0.5) is 5.69 Å². The summed E-state index contributed by atoms with van der Waals surface area (Å²) in [6.45, 7) is 3.54. The smallest absolute Gasteiger partial charge is 0.341 e. The van der Waals surface area contributed by atoms with E-state index in [2.05, 4.69) is 10.4 Å². The van der Waals surface area contributed by atoms with Crippen LogP contribution in [0.2, 0.25) is 0 Å². The predicted molar refractivity (Wildman–Crippen MR) is 100 cm³/mol. The Kier molecular flexibility index (Phi) is 5.34. The summed E-state index contributed by atoms with van der Waals surface area (Å²) >= 11 is 0. The van der Waals surface area contributed by atoms with E-state index in [1.54, 1.807) is 55.0 Å². The Morgan fingerprint density at radius 2 is 2.00 bits per heavy atom. The minimum absolute atomic E-state index is 0.170. The van der Waals surface area contributed by atoms with E-state index in [0.29, 0.717) is 41.1 Å². The maximum atomic E-state index is 12.6. The van der Waals surface area contributed by atoms with Gasteiger partial charge in [-0.05, 0) is 43.5 Å². The molecule has 0 saturated carbocycles. The van der Waals surface area contributed by atoms with Crippen LogP contribution in [0.15, 0.2) is 24.5 Å². The SMILES string of the molecule is Cc1cc(C(=O)NC2CCN(c3cnn(C)c3)C2=O)cc(C)c1OCC(=O)O. The largest absolute Gasteiger partial charge is 0.481 e. The molecule has 148 valence electrons. The highest BCUT2D eigenvalue weighted by molar-refractivity contribution is 6.04. The van der Waals surface area contributed by atoms with E-state index in [0.717, 1.165) is 0 Å². The predicted octanol–water partition coefficient (Wildman–Crippen LogP) is 1.04. The minimum Gasteiger partial charge on any atom is -0.481 e. The molecule has 0 aliphatic carbocycles. The number of amides is 2. The van der Waals surface area contributed by atoms with E-state index in [1.807, 2.05) is 0 Å². The molecular formula is C19H22N4O5. The van der Waals surface area contributed by atoms with Gasteiger partial charge in [0.05, 0.1) is 11.9 Å². The first-order chi connectivity index (χ1) is 13.3. The number of anilines is 1. The molecule has 2 amide bonds. The molecule has 1 atom stereocenters. The zero-order valence-corrected chi connectivity index (χ0v) is 15.9. The maximum Gasteiger partial charge on any atom is 0.341 e. The fraction of sp³-hybridized carbons (Fsp3) is 0.368. The van der Waals surface area contributed by atoms with Crippen LogP contribution in [-0.4, -0.2) is 51.9 Å². The standard InChI is InChI=1S/C19H22N4O5/c1-11-6-13(7-12(2)17(11)28-10-16(24)25)18(26)21-15-4-5-23(19(15)27)14-8-20-22(3)9-14/h6-9,15H,4-5,10H2,1-3H3,(H,21,26)(H,24,25). The summed E-state index contributed by atoms with van der Waals surface area (Å²) in [5, 5.41) is 15.6. The highest BCUT2D eigenvalue weighted by atomic mass is 16.5. The number of nitrogens with one attached hydrogen (secondary N) is 1.